The van der Waals surface area contributed by atoms with Crippen molar-refractivity contribution in [3.05, 3.63) is 144 Å². The summed E-state index contributed by atoms with van der Waals surface area (Å²) in [6, 6.07) is 39.6. The maximum atomic E-state index is 11.7. The van der Waals surface area contributed by atoms with Crippen LogP contribution in [0.4, 0.5) is 4.79 Å². The predicted molar refractivity (Wildman–Crippen MR) is 141 cm³/mol. The Bertz CT molecular complexity index is 1030. The Morgan fingerprint density at radius 2 is 0.611 bits per heavy atom. The summed E-state index contributed by atoms with van der Waals surface area (Å²) >= 11 is 0. The molecule has 0 fully saturated rings. The summed E-state index contributed by atoms with van der Waals surface area (Å²) in [7, 11) is 0. The normalized spacial score (nSPS) is 9.89. The van der Waals surface area contributed by atoms with E-state index in [2.05, 4.69) is 0 Å². The van der Waals surface area contributed by atoms with Gasteiger partial charge in [-0.1, -0.05) is 121 Å². The molecule has 184 valence electrons. The molecule has 0 radical (unpaired) electrons. The van der Waals surface area contributed by atoms with Gasteiger partial charge >= 0.3 is 6.16 Å². The first-order valence-electron chi connectivity index (χ1n) is 11.4. The van der Waals surface area contributed by atoms with Gasteiger partial charge in [-0.25, -0.2) is 4.79 Å². The van der Waals surface area contributed by atoms with E-state index in [1.54, 1.807) is 13.8 Å². The Morgan fingerprint density at radius 1 is 0.444 bits per heavy atom. The number of carbonyl (C=O) groups excluding carboxylic acids is 2. The quantitative estimate of drug-likeness (QED) is 0.308. The van der Waals surface area contributed by atoms with Gasteiger partial charge in [0, 0.05) is 0 Å². The third-order valence-corrected chi connectivity index (χ3v) is 5.34. The highest BCUT2D eigenvalue weighted by atomic mass is 16.6. The summed E-state index contributed by atoms with van der Waals surface area (Å²) in [5, 5.41) is 13.9. The second kappa shape index (κ2) is 14.7. The minimum atomic E-state index is -1.83. The highest BCUT2D eigenvalue weighted by molar-refractivity contribution is 5.87. The second-order valence-corrected chi connectivity index (χ2v) is 8.01. The Hall–Kier alpha value is -4.51. The molecule has 4 rings (SSSR count). The Kier molecular flexibility index (Phi) is 11.3. The van der Waals surface area contributed by atoms with Crippen molar-refractivity contribution >= 4 is 17.7 Å². The third kappa shape index (κ3) is 9.03. The van der Waals surface area contributed by atoms with Gasteiger partial charge in [0.1, 0.15) is 11.6 Å². The molecule has 2 N–H and O–H groups in total. The molecule has 0 bridgehead atoms. The molecule has 0 spiro atoms. The summed E-state index contributed by atoms with van der Waals surface area (Å²) in [6.07, 6.45) is -1.83. The van der Waals surface area contributed by atoms with E-state index in [0.717, 1.165) is 22.3 Å². The number of ketones is 2. The van der Waals surface area contributed by atoms with E-state index in [1.165, 1.54) is 0 Å². The van der Waals surface area contributed by atoms with Crippen LogP contribution in [-0.2, 0) is 9.59 Å². The first kappa shape index (κ1) is 27.7. The molecule has 4 aromatic rings. The number of hydrogen-bond acceptors (Lipinski definition) is 3. The number of hydrogen-bond donors (Lipinski definition) is 2. The number of benzene rings is 4. The first-order valence-corrected chi connectivity index (χ1v) is 11.4. The van der Waals surface area contributed by atoms with E-state index in [9.17, 15) is 9.59 Å². The van der Waals surface area contributed by atoms with E-state index < -0.39 is 6.16 Å². The summed E-state index contributed by atoms with van der Waals surface area (Å²) in [6.45, 7) is 3.29. The van der Waals surface area contributed by atoms with E-state index in [-0.39, 0.29) is 23.4 Å². The van der Waals surface area contributed by atoms with Gasteiger partial charge in [-0.3, -0.25) is 9.59 Å². The van der Waals surface area contributed by atoms with Crippen LogP contribution < -0.4 is 0 Å². The van der Waals surface area contributed by atoms with Crippen molar-refractivity contribution in [1.82, 2.24) is 0 Å². The lowest BCUT2D eigenvalue weighted by Gasteiger charge is -2.14. The van der Waals surface area contributed by atoms with Crippen LogP contribution in [0.2, 0.25) is 0 Å². The molecule has 0 saturated heterocycles. The van der Waals surface area contributed by atoms with E-state index in [4.69, 9.17) is 15.0 Å². The Balaban J connectivity index is 0.000000221. The predicted octanol–water partition coefficient (Wildman–Crippen LogP) is 7.04. The molecule has 36 heavy (non-hydrogen) atoms. The van der Waals surface area contributed by atoms with Crippen LogP contribution in [0.15, 0.2) is 121 Å². The van der Waals surface area contributed by atoms with Gasteiger partial charge in [0.15, 0.2) is 0 Å². The van der Waals surface area contributed by atoms with Crippen LogP contribution in [0.25, 0.3) is 0 Å². The van der Waals surface area contributed by atoms with Crippen LogP contribution in [-0.4, -0.2) is 27.9 Å². The van der Waals surface area contributed by atoms with Crippen LogP contribution in [0.5, 0.6) is 0 Å². The molecule has 5 nitrogen and oxygen atoms in total. The summed E-state index contributed by atoms with van der Waals surface area (Å²) < 4.78 is 0. The SMILES string of the molecule is CC(=O)C(c1ccccc1)c1ccccc1.CC(=O)C(c1ccccc1)c1ccccc1.O=C(O)O. The molecule has 0 amide bonds. The Labute approximate surface area is 211 Å². The van der Waals surface area contributed by atoms with Gasteiger partial charge in [0.2, 0.25) is 0 Å². The van der Waals surface area contributed by atoms with Crippen molar-refractivity contribution in [3.8, 4) is 0 Å². The van der Waals surface area contributed by atoms with Gasteiger partial charge in [-0.05, 0) is 36.1 Å². The minimum Gasteiger partial charge on any atom is -0.450 e. The highest BCUT2D eigenvalue weighted by Gasteiger charge is 2.18. The van der Waals surface area contributed by atoms with Gasteiger partial charge in [0.05, 0.1) is 11.8 Å². The maximum absolute atomic E-state index is 11.7. The molecule has 0 aliphatic carbocycles. The maximum Gasteiger partial charge on any atom is 0.503 e. The summed E-state index contributed by atoms with van der Waals surface area (Å²) in [5.41, 5.74) is 4.23. The van der Waals surface area contributed by atoms with Gasteiger partial charge in [0.25, 0.3) is 0 Å². The van der Waals surface area contributed by atoms with Crippen LogP contribution in [0, 0.1) is 0 Å². The topological polar surface area (TPSA) is 91.7 Å². The molecule has 0 unspecified atom stereocenters. The minimum absolute atomic E-state index is 0.137. The fraction of sp³-hybridized carbons (Fsp3) is 0.129. The molecule has 0 aliphatic heterocycles. The number of carbonyl (C=O) groups is 3. The molecule has 0 saturated carbocycles. The largest absolute Gasteiger partial charge is 0.503 e. The van der Waals surface area contributed by atoms with Crippen molar-refractivity contribution in [1.29, 1.82) is 0 Å². The smallest absolute Gasteiger partial charge is 0.450 e. The molecular formula is C31H30O5. The lowest BCUT2D eigenvalue weighted by atomic mass is 9.88. The average molecular weight is 483 g/mol. The zero-order valence-corrected chi connectivity index (χ0v) is 20.3. The lowest BCUT2D eigenvalue weighted by molar-refractivity contribution is -0.118. The van der Waals surface area contributed by atoms with Crippen molar-refractivity contribution in [2.45, 2.75) is 25.7 Å². The molecule has 0 aliphatic rings. The monoisotopic (exact) mass is 482 g/mol. The zero-order valence-electron chi connectivity index (χ0n) is 20.3. The molecule has 4 aromatic carbocycles. The molecule has 5 heteroatoms. The Morgan fingerprint density at radius 3 is 0.750 bits per heavy atom. The van der Waals surface area contributed by atoms with Crippen molar-refractivity contribution in [2.24, 2.45) is 0 Å². The van der Waals surface area contributed by atoms with Crippen LogP contribution in [0.1, 0.15) is 47.9 Å². The fourth-order valence-electron chi connectivity index (χ4n) is 3.91. The number of rotatable bonds is 6. The highest BCUT2D eigenvalue weighted by Crippen LogP contribution is 2.26. The number of carboxylic acid groups (broad SMARTS) is 2. The fourth-order valence-corrected chi connectivity index (χ4v) is 3.91. The molecule has 0 aromatic heterocycles. The van der Waals surface area contributed by atoms with Crippen molar-refractivity contribution in [3.63, 3.8) is 0 Å². The standard InChI is InChI=1S/2C15H14O.CH2O3/c2*1-12(16)15(13-8-4-2-5-9-13)14-10-6-3-7-11-14;2-1(3)4/h2*2-11,15H,1H3;(H2,2,3,4). The average Bonchev–Trinajstić information content (AvgIpc) is 2.87. The molecule has 0 heterocycles. The van der Waals surface area contributed by atoms with Gasteiger partial charge < -0.3 is 10.2 Å². The van der Waals surface area contributed by atoms with Gasteiger partial charge in [-0.15, -0.1) is 0 Å². The molecular weight excluding hydrogens is 452 g/mol. The zero-order chi connectivity index (χ0) is 26.3. The summed E-state index contributed by atoms with van der Waals surface area (Å²) in [5.74, 6) is 0.0830. The number of Topliss-reactive ketones (excluding diaryl/α,β-unsaturated/α-hetero) is 2. The van der Waals surface area contributed by atoms with Crippen molar-refractivity contribution < 1.29 is 24.6 Å². The van der Waals surface area contributed by atoms with Crippen LogP contribution in [0.3, 0.4) is 0 Å². The van der Waals surface area contributed by atoms with Crippen molar-refractivity contribution in [2.75, 3.05) is 0 Å². The van der Waals surface area contributed by atoms with E-state index in [1.807, 2.05) is 121 Å². The summed E-state index contributed by atoms with van der Waals surface area (Å²) in [4.78, 5) is 32.0. The van der Waals surface area contributed by atoms with Crippen LogP contribution >= 0.6 is 0 Å². The van der Waals surface area contributed by atoms with E-state index >= 15 is 0 Å². The molecule has 0 atom stereocenters. The second-order valence-electron chi connectivity index (χ2n) is 8.01. The lowest BCUT2D eigenvalue weighted by Crippen LogP contribution is -2.10. The third-order valence-electron chi connectivity index (χ3n) is 5.34. The first-order chi connectivity index (χ1) is 17.3. The van der Waals surface area contributed by atoms with Gasteiger partial charge in [-0.2, -0.15) is 0 Å². The van der Waals surface area contributed by atoms with E-state index in [0.29, 0.717) is 0 Å².